The quantitative estimate of drug-likeness (QED) is 0.104. The summed E-state index contributed by atoms with van der Waals surface area (Å²) in [5.41, 5.74) is -6.30. The number of fused-ring (bicyclic) bond motifs is 5. The van der Waals surface area contributed by atoms with Crippen molar-refractivity contribution in [3.8, 4) is 0 Å². The van der Waals surface area contributed by atoms with Crippen molar-refractivity contribution in [2.75, 3.05) is 6.61 Å². The molecule has 7 rings (SSSR count). The maximum absolute atomic E-state index is 14.2. The number of hydrogen-bond donors (Lipinski definition) is 6. The third-order valence-corrected chi connectivity index (χ3v) is 13.4. The molecule has 12 atom stereocenters. The normalized spacial score (nSPS) is 34.2. The number of carbonyl (C=O) groups is 4. The lowest BCUT2D eigenvalue weighted by Crippen LogP contribution is -2.82. The third-order valence-electron chi connectivity index (χ3n) is 13.4. The van der Waals surface area contributed by atoms with Crippen LogP contribution in [0.1, 0.15) is 79.8 Å². The van der Waals surface area contributed by atoms with Crippen molar-refractivity contribution < 1.29 is 63.7 Å². The summed E-state index contributed by atoms with van der Waals surface area (Å²) >= 11 is 0. The number of carbonyl (C=O) groups excluding carboxylic acids is 4. The minimum atomic E-state index is -2.31. The summed E-state index contributed by atoms with van der Waals surface area (Å²) < 4.78 is 24.3. The van der Waals surface area contributed by atoms with Crippen LogP contribution in [0.2, 0.25) is 0 Å². The first-order valence-electron chi connectivity index (χ1n) is 19.7. The Morgan fingerprint density at radius 3 is 1.98 bits per heavy atom. The molecule has 2 saturated carbocycles. The molecule has 0 radical (unpaired) electrons. The average Bonchev–Trinajstić information content (AvgIpc) is 3.21. The number of nitrogens with one attached hydrogen (secondary N) is 1. The number of esters is 3. The molecule has 0 aromatic heterocycles. The largest absolute Gasteiger partial charge is 0.456 e. The number of rotatable bonds is 9. The number of hydrogen-bond acceptors (Lipinski definition) is 13. The zero-order valence-corrected chi connectivity index (χ0v) is 33.5. The van der Waals surface area contributed by atoms with E-state index in [1.54, 1.807) is 99.6 Å². The lowest BCUT2D eigenvalue weighted by molar-refractivity contribution is -0.365. The second-order valence-electron chi connectivity index (χ2n) is 17.0. The smallest absolute Gasteiger partial charge is 0.338 e. The summed E-state index contributed by atoms with van der Waals surface area (Å²) in [6.07, 6.45) is -11.8. The maximum atomic E-state index is 14.2. The zero-order chi connectivity index (χ0) is 42.7. The van der Waals surface area contributed by atoms with Crippen LogP contribution in [-0.4, -0.2) is 110 Å². The molecule has 1 saturated heterocycles. The molecule has 1 aliphatic heterocycles. The van der Waals surface area contributed by atoms with Gasteiger partial charge in [0.25, 0.3) is 5.91 Å². The van der Waals surface area contributed by atoms with Crippen LogP contribution in [0.3, 0.4) is 0 Å². The van der Waals surface area contributed by atoms with Crippen LogP contribution in [0.5, 0.6) is 0 Å². The Bertz CT molecular complexity index is 2110. The molecule has 314 valence electrons. The Morgan fingerprint density at radius 2 is 1.42 bits per heavy atom. The summed E-state index contributed by atoms with van der Waals surface area (Å²) in [5, 5.41) is 64.5. The first-order valence-corrected chi connectivity index (χ1v) is 19.7. The van der Waals surface area contributed by atoms with Gasteiger partial charge in [-0.05, 0) is 47.9 Å². The van der Waals surface area contributed by atoms with Crippen LogP contribution in [0.25, 0.3) is 0 Å². The molecule has 59 heavy (non-hydrogen) atoms. The van der Waals surface area contributed by atoms with Gasteiger partial charge in [0.05, 0.1) is 36.3 Å². The van der Waals surface area contributed by atoms with Gasteiger partial charge in [-0.2, -0.15) is 0 Å². The van der Waals surface area contributed by atoms with Gasteiger partial charge in [-0.25, -0.2) is 9.59 Å². The lowest BCUT2D eigenvalue weighted by Gasteiger charge is -2.69. The van der Waals surface area contributed by atoms with Gasteiger partial charge in [-0.3, -0.25) is 9.59 Å². The number of aliphatic hydroxyl groups excluding tert-OH is 4. The van der Waals surface area contributed by atoms with E-state index >= 15 is 0 Å². The van der Waals surface area contributed by atoms with Gasteiger partial charge >= 0.3 is 17.9 Å². The van der Waals surface area contributed by atoms with Gasteiger partial charge in [0, 0.05) is 36.2 Å². The van der Waals surface area contributed by atoms with Crippen molar-refractivity contribution in [1.82, 2.24) is 5.32 Å². The lowest BCUT2D eigenvalue weighted by atomic mass is 9.44. The van der Waals surface area contributed by atoms with Crippen LogP contribution in [-0.2, 0) is 28.5 Å². The minimum Gasteiger partial charge on any atom is -0.456 e. The van der Waals surface area contributed by atoms with Crippen LogP contribution >= 0.6 is 0 Å². The SMILES string of the molecule is CC(=O)O[C@@]12CO[C@@H]1C[C@H](O)[C@]1(C)[C@@H]2[C@H](OC(=O)c2ccccc2)[C@]2(O)C[C@H](OC(=O)[C@H](O)[C@@H](NC(=O)c3ccccc3)c3ccccc3)C(C)=C([C@H](O)[C@@H]1O)C2(C)C. The van der Waals surface area contributed by atoms with Gasteiger partial charge in [0.2, 0.25) is 0 Å². The van der Waals surface area contributed by atoms with Gasteiger partial charge in [0.15, 0.2) is 11.7 Å². The number of benzene rings is 3. The molecule has 14 heteroatoms. The summed E-state index contributed by atoms with van der Waals surface area (Å²) in [6.45, 7) is 7.18. The first kappa shape index (κ1) is 42.2. The number of aliphatic hydroxyl groups is 5. The highest BCUT2D eigenvalue weighted by molar-refractivity contribution is 5.95. The molecule has 1 amide bonds. The van der Waals surface area contributed by atoms with Crippen LogP contribution in [0.15, 0.2) is 102 Å². The fraction of sp³-hybridized carbons (Fsp3) is 0.467. The van der Waals surface area contributed by atoms with Crippen molar-refractivity contribution in [3.63, 3.8) is 0 Å². The third kappa shape index (κ3) is 6.85. The van der Waals surface area contributed by atoms with E-state index in [4.69, 9.17) is 18.9 Å². The maximum Gasteiger partial charge on any atom is 0.338 e. The van der Waals surface area contributed by atoms with E-state index in [1.165, 1.54) is 26.0 Å². The summed E-state index contributed by atoms with van der Waals surface area (Å²) in [5.74, 6) is -4.80. The van der Waals surface area contributed by atoms with Crippen LogP contribution in [0.4, 0.5) is 0 Å². The molecule has 14 nitrogen and oxygen atoms in total. The molecule has 3 aromatic carbocycles. The fourth-order valence-electron chi connectivity index (χ4n) is 10.2. The van der Waals surface area contributed by atoms with Gasteiger partial charge in [-0.15, -0.1) is 0 Å². The van der Waals surface area contributed by atoms with Gasteiger partial charge in [-0.1, -0.05) is 87.5 Å². The predicted molar refractivity (Wildman–Crippen MR) is 209 cm³/mol. The van der Waals surface area contributed by atoms with E-state index in [0.29, 0.717) is 5.56 Å². The summed E-state index contributed by atoms with van der Waals surface area (Å²) in [7, 11) is 0. The molecule has 0 spiro atoms. The Balaban J connectivity index is 1.34. The standard InChI is InChI=1S/C45H51NO13/c1-24-29(57-41(54)35(50)33(26-15-9-6-10-16-26)46-39(52)27-17-11-7-12-18-27)22-45(55)38(58-40(53)28-19-13-8-14-20-28)36-43(5,37(51)34(49)32(24)42(45,3)4)30(48)21-31-44(36,23-56-31)59-25(2)47/h6-20,29-31,33-38,48-51,55H,21-23H2,1-5H3,(H,46,52)/t29-,30-,31+,33-,34-,35+,36-,37-,38-,43+,44-,45+/m0/s1. The number of ether oxygens (including phenoxy) is 4. The minimum absolute atomic E-state index is 0.0455. The van der Waals surface area contributed by atoms with Gasteiger partial charge in [0.1, 0.15) is 30.0 Å². The summed E-state index contributed by atoms with van der Waals surface area (Å²) in [4.78, 5) is 54.6. The molecule has 3 aromatic rings. The predicted octanol–water partition coefficient (Wildman–Crippen LogP) is 2.96. The second-order valence-corrected chi connectivity index (χ2v) is 17.0. The Hall–Kier alpha value is -4.96. The number of amides is 1. The molecule has 4 aliphatic rings. The zero-order valence-electron chi connectivity index (χ0n) is 33.5. The van der Waals surface area contributed by atoms with Crippen molar-refractivity contribution >= 4 is 23.8 Å². The van der Waals surface area contributed by atoms with Crippen molar-refractivity contribution in [3.05, 3.63) is 119 Å². The van der Waals surface area contributed by atoms with Crippen molar-refractivity contribution in [2.24, 2.45) is 16.7 Å². The monoisotopic (exact) mass is 813 g/mol. The highest BCUT2D eigenvalue weighted by Gasteiger charge is 2.77. The molecule has 3 aliphatic carbocycles. The van der Waals surface area contributed by atoms with Crippen LogP contribution < -0.4 is 5.32 Å². The topological polar surface area (TPSA) is 218 Å². The second kappa shape index (κ2) is 15.6. The van der Waals surface area contributed by atoms with E-state index in [-0.39, 0.29) is 35.3 Å². The Morgan fingerprint density at radius 1 is 0.847 bits per heavy atom. The summed E-state index contributed by atoms with van der Waals surface area (Å²) in [6, 6.07) is 23.2. The van der Waals surface area contributed by atoms with Crippen molar-refractivity contribution in [1.29, 1.82) is 0 Å². The molecule has 6 N–H and O–H groups in total. The van der Waals surface area contributed by atoms with E-state index in [2.05, 4.69) is 5.32 Å². The molecule has 3 fully saturated rings. The molecule has 1 heterocycles. The van der Waals surface area contributed by atoms with E-state index in [9.17, 15) is 44.7 Å². The van der Waals surface area contributed by atoms with Gasteiger partial charge < -0.3 is 49.8 Å². The molecular weight excluding hydrogens is 762 g/mol. The van der Waals surface area contributed by atoms with E-state index in [0.717, 1.165) is 0 Å². The van der Waals surface area contributed by atoms with Crippen molar-refractivity contribution in [2.45, 2.75) is 107 Å². The van der Waals surface area contributed by atoms with Crippen LogP contribution in [0, 0.1) is 16.7 Å². The first-order chi connectivity index (χ1) is 27.9. The highest BCUT2D eigenvalue weighted by atomic mass is 16.6. The molecule has 2 bridgehead atoms. The Labute approximate surface area is 341 Å². The fourth-order valence-corrected chi connectivity index (χ4v) is 10.2. The molecular formula is C45H51NO13. The highest BCUT2D eigenvalue weighted by Crippen LogP contribution is 2.65. The Kier molecular flexibility index (Phi) is 11.1. The average molecular weight is 814 g/mol. The van der Waals surface area contributed by atoms with E-state index in [1.807, 2.05) is 0 Å². The molecule has 0 unspecified atom stereocenters. The van der Waals surface area contributed by atoms with E-state index < -0.39 is 107 Å².